The van der Waals surface area contributed by atoms with E-state index in [2.05, 4.69) is 18.8 Å². The second kappa shape index (κ2) is 3.25. The third kappa shape index (κ3) is 1.71. The predicted molar refractivity (Wildman–Crippen MR) is 44.5 cm³/mol. The van der Waals surface area contributed by atoms with Gasteiger partial charge in [0, 0.05) is 23.3 Å². The van der Waals surface area contributed by atoms with Gasteiger partial charge in [-0.15, -0.1) is 0 Å². The topological polar surface area (TPSA) is 12.4 Å². The maximum absolute atomic E-state index is 4.38. The first kappa shape index (κ1) is 7.13. The lowest BCUT2D eigenvalue weighted by Gasteiger charge is -2.17. The molecule has 0 aromatic carbocycles. The minimum absolute atomic E-state index is 0.721. The van der Waals surface area contributed by atoms with E-state index < -0.39 is 0 Å². The molecule has 1 heterocycles. The smallest absolute Gasteiger partial charge is 0.0479 e. The highest BCUT2D eigenvalue weighted by atomic mass is 32.2. The van der Waals surface area contributed by atoms with Gasteiger partial charge in [-0.2, -0.15) is 11.8 Å². The summed E-state index contributed by atoms with van der Waals surface area (Å²) in [7, 11) is 0. The fourth-order valence-corrected chi connectivity index (χ4v) is 2.09. The van der Waals surface area contributed by atoms with E-state index in [-0.39, 0.29) is 0 Å². The summed E-state index contributed by atoms with van der Waals surface area (Å²) in [5.74, 6) is 1.22. The average Bonchev–Trinajstić information content (AvgIpc) is 1.89. The monoisotopic (exact) mass is 143 g/mol. The van der Waals surface area contributed by atoms with Crippen LogP contribution in [0.4, 0.5) is 0 Å². The highest BCUT2D eigenvalue weighted by molar-refractivity contribution is 8.00. The van der Waals surface area contributed by atoms with Crippen molar-refractivity contribution < 1.29 is 0 Å². The van der Waals surface area contributed by atoms with Crippen LogP contribution in [-0.2, 0) is 0 Å². The number of hydrogen-bond donors (Lipinski definition) is 0. The minimum Gasteiger partial charge on any atom is -0.292 e. The van der Waals surface area contributed by atoms with Gasteiger partial charge in [-0.3, -0.25) is 4.99 Å². The summed E-state index contributed by atoms with van der Waals surface area (Å²) in [6.45, 7) is 5.40. The molecule has 1 aliphatic heterocycles. The summed E-state index contributed by atoms with van der Waals surface area (Å²) in [5, 5.41) is 0.721. The molecule has 0 fully saturated rings. The van der Waals surface area contributed by atoms with Crippen LogP contribution in [0.25, 0.3) is 0 Å². The molecule has 9 heavy (non-hydrogen) atoms. The van der Waals surface area contributed by atoms with Gasteiger partial charge in [-0.1, -0.05) is 6.92 Å². The van der Waals surface area contributed by atoms with Crippen LogP contribution in [0.1, 0.15) is 20.3 Å². The van der Waals surface area contributed by atoms with Crippen molar-refractivity contribution in [1.29, 1.82) is 0 Å². The van der Waals surface area contributed by atoms with Crippen molar-refractivity contribution in [2.45, 2.75) is 25.5 Å². The molecular formula is C7H13NS. The first-order valence-corrected chi connectivity index (χ1v) is 4.52. The molecule has 0 saturated heterocycles. The molecule has 1 atom stereocenters. The SMILES string of the molecule is CCC1SCCN=C1C. The molecule has 1 aliphatic rings. The molecule has 0 amide bonds. The van der Waals surface area contributed by atoms with Crippen LogP contribution in [0.15, 0.2) is 4.99 Å². The van der Waals surface area contributed by atoms with E-state index in [0.717, 1.165) is 11.8 Å². The molecule has 52 valence electrons. The summed E-state index contributed by atoms with van der Waals surface area (Å²) < 4.78 is 0. The van der Waals surface area contributed by atoms with Crippen LogP contribution in [0, 0.1) is 0 Å². The predicted octanol–water partition coefficient (Wildman–Crippen LogP) is 1.97. The van der Waals surface area contributed by atoms with Gasteiger partial charge in [0.15, 0.2) is 0 Å². The molecule has 0 spiro atoms. The highest BCUT2D eigenvalue weighted by Gasteiger charge is 2.12. The molecule has 2 heteroatoms. The number of hydrogen-bond acceptors (Lipinski definition) is 2. The summed E-state index contributed by atoms with van der Waals surface area (Å²) in [6.07, 6.45) is 1.24. The van der Waals surface area contributed by atoms with E-state index in [9.17, 15) is 0 Å². The lowest BCUT2D eigenvalue weighted by molar-refractivity contribution is 0.965. The molecule has 0 N–H and O–H groups in total. The second-order valence-corrected chi connectivity index (χ2v) is 3.60. The van der Waals surface area contributed by atoms with Gasteiger partial charge in [-0.25, -0.2) is 0 Å². The maximum atomic E-state index is 4.38. The summed E-state index contributed by atoms with van der Waals surface area (Å²) in [5.41, 5.74) is 1.34. The Kier molecular flexibility index (Phi) is 2.58. The van der Waals surface area contributed by atoms with Crippen LogP contribution >= 0.6 is 11.8 Å². The van der Waals surface area contributed by atoms with Crippen molar-refractivity contribution in [2.75, 3.05) is 12.3 Å². The molecule has 0 bridgehead atoms. The minimum atomic E-state index is 0.721. The highest BCUT2D eigenvalue weighted by Crippen LogP contribution is 2.19. The van der Waals surface area contributed by atoms with Crippen LogP contribution in [-0.4, -0.2) is 23.3 Å². The van der Waals surface area contributed by atoms with Gasteiger partial charge in [0.25, 0.3) is 0 Å². The number of aliphatic imine (C=N–C) groups is 1. The molecular weight excluding hydrogens is 130 g/mol. The van der Waals surface area contributed by atoms with Crippen molar-refractivity contribution in [1.82, 2.24) is 0 Å². The Morgan fingerprint density at radius 2 is 2.56 bits per heavy atom. The van der Waals surface area contributed by atoms with Crippen LogP contribution < -0.4 is 0 Å². The molecule has 1 nitrogen and oxygen atoms in total. The standard InChI is InChI=1S/C7H13NS/c1-3-7-6(2)8-4-5-9-7/h7H,3-5H2,1-2H3. The Labute approximate surface area is 60.9 Å². The van der Waals surface area contributed by atoms with Crippen LogP contribution in [0.3, 0.4) is 0 Å². The largest absolute Gasteiger partial charge is 0.292 e. The van der Waals surface area contributed by atoms with Crippen molar-refractivity contribution in [3.05, 3.63) is 0 Å². The first-order valence-electron chi connectivity index (χ1n) is 3.47. The van der Waals surface area contributed by atoms with Gasteiger partial charge >= 0.3 is 0 Å². The molecule has 1 rings (SSSR count). The van der Waals surface area contributed by atoms with E-state index in [0.29, 0.717) is 0 Å². The van der Waals surface area contributed by atoms with E-state index in [4.69, 9.17) is 0 Å². The van der Waals surface area contributed by atoms with Crippen LogP contribution in [0.2, 0.25) is 0 Å². The number of thioether (sulfide) groups is 1. The van der Waals surface area contributed by atoms with Crippen molar-refractivity contribution >= 4 is 17.5 Å². The van der Waals surface area contributed by atoms with E-state index in [1.54, 1.807) is 0 Å². The Morgan fingerprint density at radius 3 is 3.00 bits per heavy atom. The fraction of sp³-hybridized carbons (Fsp3) is 0.857. The Bertz CT molecular complexity index is 120. The zero-order valence-electron chi connectivity index (χ0n) is 6.05. The molecule has 1 unspecified atom stereocenters. The first-order chi connectivity index (χ1) is 4.34. The van der Waals surface area contributed by atoms with Crippen molar-refractivity contribution in [3.63, 3.8) is 0 Å². The molecule has 0 radical (unpaired) electrons. The van der Waals surface area contributed by atoms with E-state index in [1.807, 2.05) is 11.8 Å². The maximum Gasteiger partial charge on any atom is 0.0479 e. The molecule has 0 aliphatic carbocycles. The van der Waals surface area contributed by atoms with Crippen molar-refractivity contribution in [3.8, 4) is 0 Å². The molecule has 0 saturated carbocycles. The normalized spacial score (nSPS) is 27.8. The average molecular weight is 143 g/mol. The van der Waals surface area contributed by atoms with Gasteiger partial charge in [0.1, 0.15) is 0 Å². The van der Waals surface area contributed by atoms with Gasteiger partial charge in [-0.05, 0) is 13.3 Å². The lowest BCUT2D eigenvalue weighted by Crippen LogP contribution is -2.18. The van der Waals surface area contributed by atoms with Gasteiger partial charge in [0.2, 0.25) is 0 Å². The molecule has 0 aromatic heterocycles. The Morgan fingerprint density at radius 1 is 1.78 bits per heavy atom. The quantitative estimate of drug-likeness (QED) is 0.546. The van der Waals surface area contributed by atoms with Gasteiger partial charge < -0.3 is 0 Å². The fourth-order valence-electron chi connectivity index (χ4n) is 1.05. The third-order valence-electron chi connectivity index (χ3n) is 1.61. The number of nitrogens with zero attached hydrogens (tertiary/aromatic N) is 1. The van der Waals surface area contributed by atoms with E-state index >= 15 is 0 Å². The molecule has 0 aromatic rings. The Hall–Kier alpha value is 0.0200. The lowest BCUT2D eigenvalue weighted by atomic mass is 10.2. The Balaban J connectivity index is 2.50. The summed E-state index contributed by atoms with van der Waals surface area (Å²) in [6, 6.07) is 0. The third-order valence-corrected chi connectivity index (χ3v) is 3.10. The summed E-state index contributed by atoms with van der Waals surface area (Å²) >= 11 is 2.04. The zero-order chi connectivity index (χ0) is 6.69. The second-order valence-electron chi connectivity index (χ2n) is 2.29. The number of rotatable bonds is 1. The van der Waals surface area contributed by atoms with Crippen molar-refractivity contribution in [2.24, 2.45) is 4.99 Å². The van der Waals surface area contributed by atoms with Crippen LogP contribution in [0.5, 0.6) is 0 Å². The zero-order valence-corrected chi connectivity index (χ0v) is 6.87. The van der Waals surface area contributed by atoms with E-state index in [1.165, 1.54) is 17.9 Å². The van der Waals surface area contributed by atoms with Gasteiger partial charge in [0.05, 0.1) is 0 Å². The summed E-state index contributed by atoms with van der Waals surface area (Å²) in [4.78, 5) is 4.38.